The summed E-state index contributed by atoms with van der Waals surface area (Å²) in [6, 6.07) is 64.5. The van der Waals surface area contributed by atoms with Crippen LogP contribution in [0.15, 0.2) is 206 Å². The average molecular weight is 1340 g/mol. The van der Waals surface area contributed by atoms with Gasteiger partial charge in [0.1, 0.15) is 6.07 Å². The van der Waals surface area contributed by atoms with E-state index < -0.39 is 35.2 Å². The minimum absolute atomic E-state index is 0.0707. The number of aromatic nitrogens is 4. The summed E-state index contributed by atoms with van der Waals surface area (Å²) in [5, 5.41) is 18.3. The van der Waals surface area contributed by atoms with E-state index in [2.05, 4.69) is 88.0 Å². The molecule has 0 aliphatic heterocycles. The van der Waals surface area contributed by atoms with Gasteiger partial charge in [-0.15, -0.1) is 0 Å². The number of hydrogen-bond acceptors (Lipinski definition) is 1. The van der Waals surface area contributed by atoms with Crippen LogP contribution in [0.4, 0.5) is 39.5 Å². The van der Waals surface area contributed by atoms with E-state index in [-0.39, 0.29) is 39.2 Å². The molecule has 12 aromatic carbocycles. The summed E-state index contributed by atoms with van der Waals surface area (Å²) in [6.45, 7) is 18.9. The lowest BCUT2D eigenvalue weighted by Crippen LogP contribution is -2.16. The molecular weight excluding hydrogens is 1270 g/mol. The quantitative estimate of drug-likeness (QED) is 0.153. The van der Waals surface area contributed by atoms with Crippen molar-refractivity contribution >= 4 is 87.2 Å². The van der Waals surface area contributed by atoms with Crippen LogP contribution in [-0.4, -0.2) is 18.3 Å². The largest absolute Gasteiger partial charge is 0.418 e. The van der Waals surface area contributed by atoms with Crippen molar-refractivity contribution in [2.24, 2.45) is 0 Å². The van der Waals surface area contributed by atoms with Crippen molar-refractivity contribution in [2.75, 3.05) is 0 Å². The second-order valence-electron chi connectivity index (χ2n) is 26.9. The zero-order chi connectivity index (χ0) is 70.5. The third kappa shape index (κ3) is 10.6. The molecule has 14 heteroatoms. The molecule has 4 heterocycles. The van der Waals surface area contributed by atoms with E-state index in [0.29, 0.717) is 44.6 Å². The first kappa shape index (κ1) is 64.7. The fraction of sp³-hybridized carbons (Fsp3) is 0.151. The van der Waals surface area contributed by atoms with Gasteiger partial charge in [0.15, 0.2) is 0 Å². The number of halogens is 9. The van der Waals surface area contributed by atoms with E-state index >= 15 is 13.2 Å². The topological polar surface area (TPSA) is 43.5 Å². The Morgan fingerprint density at radius 2 is 0.520 bits per heavy atom. The van der Waals surface area contributed by atoms with E-state index in [1.165, 1.54) is 31.2 Å². The van der Waals surface area contributed by atoms with Crippen molar-refractivity contribution in [3.63, 3.8) is 0 Å². The first-order chi connectivity index (χ1) is 47.6. The van der Waals surface area contributed by atoms with Crippen molar-refractivity contribution in [2.45, 2.75) is 87.8 Å². The Bertz CT molecular complexity index is 5950. The highest BCUT2D eigenvalue weighted by atomic mass is 19.4. The summed E-state index contributed by atoms with van der Waals surface area (Å²) in [6.07, 6.45) is -14.3. The zero-order valence-corrected chi connectivity index (χ0v) is 56.3. The van der Waals surface area contributed by atoms with Gasteiger partial charge in [-0.2, -0.15) is 44.8 Å². The van der Waals surface area contributed by atoms with E-state index in [0.717, 1.165) is 128 Å². The van der Waals surface area contributed by atoms with Gasteiger partial charge in [0.05, 0.1) is 89.1 Å². The summed E-state index contributed by atoms with van der Waals surface area (Å²) >= 11 is 0. The minimum Gasteiger partial charge on any atom is -0.307 e. The molecule has 0 saturated carbocycles. The second kappa shape index (κ2) is 23.4. The van der Waals surface area contributed by atoms with Crippen LogP contribution in [0.3, 0.4) is 0 Å². The number of aryl methyl sites for hydroxylation is 10. The molecular formula is C86H64F9N5. The van der Waals surface area contributed by atoms with Gasteiger partial charge in [0.25, 0.3) is 0 Å². The first-order valence-corrected chi connectivity index (χ1v) is 32.8. The van der Waals surface area contributed by atoms with Crippen LogP contribution in [0, 0.1) is 80.6 Å². The van der Waals surface area contributed by atoms with Crippen molar-refractivity contribution in [1.29, 1.82) is 5.26 Å². The van der Waals surface area contributed by atoms with Gasteiger partial charge in [-0.1, -0.05) is 121 Å². The third-order valence-corrected chi connectivity index (χ3v) is 19.6. The monoisotopic (exact) mass is 1340 g/mol. The third-order valence-electron chi connectivity index (χ3n) is 19.6. The highest BCUT2D eigenvalue weighted by Crippen LogP contribution is 2.50. The predicted octanol–water partition coefficient (Wildman–Crippen LogP) is 25.1. The van der Waals surface area contributed by atoms with Crippen LogP contribution < -0.4 is 0 Å². The number of rotatable bonds is 6. The van der Waals surface area contributed by atoms with Crippen LogP contribution >= 0.6 is 0 Å². The highest BCUT2D eigenvalue weighted by molar-refractivity contribution is 6.14. The van der Waals surface area contributed by atoms with E-state index in [4.69, 9.17) is 0 Å². The molecule has 0 fully saturated rings. The van der Waals surface area contributed by atoms with Crippen LogP contribution in [0.25, 0.3) is 132 Å². The van der Waals surface area contributed by atoms with Crippen molar-refractivity contribution < 1.29 is 39.5 Å². The van der Waals surface area contributed by atoms with Crippen molar-refractivity contribution in [3.8, 4) is 51.1 Å². The molecule has 4 aromatic heterocycles. The second-order valence-corrected chi connectivity index (χ2v) is 26.9. The Balaban J connectivity index is 0.000000163. The average Bonchev–Trinajstić information content (AvgIpc) is 1.52. The number of hydrogen-bond donors (Lipinski definition) is 0. The Labute approximate surface area is 570 Å². The fourth-order valence-electron chi connectivity index (χ4n) is 15.2. The van der Waals surface area contributed by atoms with Gasteiger partial charge >= 0.3 is 18.5 Å². The van der Waals surface area contributed by atoms with Crippen molar-refractivity contribution in [3.05, 3.63) is 284 Å². The molecule has 0 spiro atoms. The van der Waals surface area contributed by atoms with Gasteiger partial charge in [-0.25, -0.2) is 0 Å². The summed E-state index contributed by atoms with van der Waals surface area (Å²) in [5.74, 6) is 0. The molecule has 0 aliphatic rings. The van der Waals surface area contributed by atoms with Gasteiger partial charge in [0, 0.05) is 43.1 Å². The maximum Gasteiger partial charge on any atom is 0.418 e. The number of benzene rings is 12. The van der Waals surface area contributed by atoms with Gasteiger partial charge in [-0.05, 0) is 232 Å². The lowest BCUT2D eigenvalue weighted by atomic mass is 9.92. The maximum absolute atomic E-state index is 15.9. The molecule has 16 aromatic rings. The summed E-state index contributed by atoms with van der Waals surface area (Å²) < 4.78 is 143. The SMILES string of the molecule is Cc1ccc2c3ccc(C)cc3n(-c3cc(-c4c(C)cccc4C(F)(F)F)cc(C#N)c3-n3c4cc(C)ccc4c4ccc(C)cc43)c2c1.Cc1ccc2c3ccc(C)cc3n(-c3cc(-c4c(C)cccc4C(F)(F)F)cc(C(F)(F)F)c3-n3c4cc(C)ccc4c4ccc(C)cc43)c2c1. The predicted molar refractivity (Wildman–Crippen MR) is 388 cm³/mol. The molecule has 16 rings (SSSR count). The molecule has 0 atom stereocenters. The summed E-state index contributed by atoms with van der Waals surface area (Å²) in [7, 11) is 0. The van der Waals surface area contributed by atoms with Crippen LogP contribution in [0.5, 0.6) is 0 Å². The van der Waals surface area contributed by atoms with Gasteiger partial charge < -0.3 is 18.3 Å². The number of nitrogens with zero attached hydrogens (tertiary/aromatic N) is 5. The molecule has 100 heavy (non-hydrogen) atoms. The van der Waals surface area contributed by atoms with Crippen LogP contribution in [0.2, 0.25) is 0 Å². The van der Waals surface area contributed by atoms with Gasteiger partial charge in [-0.3, -0.25) is 0 Å². The number of nitriles is 1. The zero-order valence-electron chi connectivity index (χ0n) is 56.3. The smallest absolute Gasteiger partial charge is 0.307 e. The molecule has 0 unspecified atom stereocenters. The molecule has 0 radical (unpaired) electrons. The summed E-state index contributed by atoms with van der Waals surface area (Å²) in [4.78, 5) is 0. The standard InChI is InChI=1S/C43H32F6N2.C43H32F3N3/c1-23-9-13-29-30-14-10-24(2)18-36(30)50(35(29)17-23)39-22-28(40-27(5)7-6-8-33(40)42(44,45)46)21-34(43(47,48)49)41(39)51-37-19-25(3)11-15-31(37)32-16-12-26(4)20-38(32)51;1-24-9-13-31-32-14-10-25(2)18-37(32)48(36(31)17-24)40-22-29(41-28(5)7-6-8-35(41)43(44,45)46)21-30(23-47)42(40)49-38-19-26(3)11-15-33(38)34-16-12-27(4)20-39(34)49/h6-22H,1-5H3;6-22H,1-5H3. The maximum atomic E-state index is 15.9. The molecule has 496 valence electrons. The summed E-state index contributed by atoms with van der Waals surface area (Å²) in [5.41, 5.74) is 13.2. The molecule has 0 N–H and O–H groups in total. The molecule has 0 saturated heterocycles. The molecule has 0 amide bonds. The Kier molecular flexibility index (Phi) is 15.2. The van der Waals surface area contributed by atoms with E-state index in [9.17, 15) is 31.6 Å². The minimum atomic E-state index is -4.96. The number of alkyl halides is 9. The Morgan fingerprint density at radius 1 is 0.270 bits per heavy atom. The molecule has 0 bridgehead atoms. The lowest BCUT2D eigenvalue weighted by molar-refractivity contribution is -0.138. The lowest BCUT2D eigenvalue weighted by Gasteiger charge is -2.24. The van der Waals surface area contributed by atoms with E-state index in [1.807, 2.05) is 134 Å². The van der Waals surface area contributed by atoms with Gasteiger partial charge in [0.2, 0.25) is 0 Å². The normalized spacial score (nSPS) is 12.3. The number of fused-ring (bicyclic) bond motifs is 12. The highest BCUT2D eigenvalue weighted by Gasteiger charge is 2.41. The van der Waals surface area contributed by atoms with Crippen LogP contribution in [0.1, 0.15) is 77.9 Å². The van der Waals surface area contributed by atoms with Crippen LogP contribution in [-0.2, 0) is 18.5 Å². The van der Waals surface area contributed by atoms with E-state index in [1.54, 1.807) is 28.2 Å². The fourth-order valence-corrected chi connectivity index (χ4v) is 15.2. The molecule has 5 nitrogen and oxygen atoms in total. The Hall–Kier alpha value is -11.3. The first-order valence-electron chi connectivity index (χ1n) is 32.8. The molecule has 0 aliphatic carbocycles. The van der Waals surface area contributed by atoms with Crippen molar-refractivity contribution in [1.82, 2.24) is 18.3 Å². The Morgan fingerprint density at radius 3 is 0.790 bits per heavy atom.